The Hall–Kier alpha value is -1.83. The van der Waals surface area contributed by atoms with E-state index in [0.29, 0.717) is 5.56 Å². The number of carbonyl (C=O) groups excluding carboxylic acids is 1. The van der Waals surface area contributed by atoms with Gasteiger partial charge in [0.2, 0.25) is 0 Å². The maximum Gasteiger partial charge on any atom is 0.258 e. The van der Waals surface area contributed by atoms with E-state index in [1.807, 2.05) is 25.5 Å². The summed E-state index contributed by atoms with van der Waals surface area (Å²) in [6.07, 6.45) is 5.93. The average Bonchev–Trinajstić information content (AvgIpc) is 3.04. The molecule has 20 heavy (non-hydrogen) atoms. The largest absolute Gasteiger partial charge is 0.322 e. The maximum absolute atomic E-state index is 12.7. The molecule has 1 aliphatic rings. The van der Waals surface area contributed by atoms with Gasteiger partial charge in [0.05, 0.1) is 17.8 Å². The van der Waals surface area contributed by atoms with Gasteiger partial charge >= 0.3 is 0 Å². The fourth-order valence-corrected chi connectivity index (χ4v) is 2.97. The van der Waals surface area contributed by atoms with Gasteiger partial charge in [-0.15, -0.1) is 0 Å². The number of rotatable bonds is 4. The lowest BCUT2D eigenvalue weighted by atomic mass is 10.1. The quantitative estimate of drug-likeness (QED) is 0.793. The number of carbonyl (C=O) groups is 1. The Bertz CT molecular complexity index is 520. The third-order valence-electron chi connectivity index (χ3n) is 4.03. The molecule has 1 aliphatic carbocycles. The molecule has 0 radical (unpaired) electrons. The Labute approximate surface area is 120 Å². The van der Waals surface area contributed by atoms with Gasteiger partial charge in [0.25, 0.3) is 5.91 Å². The molecule has 1 saturated carbocycles. The number of amides is 1. The molecule has 0 aromatic carbocycles. The number of hydrogen-bond donors (Lipinski definition) is 0. The van der Waals surface area contributed by atoms with E-state index < -0.39 is 0 Å². The lowest BCUT2D eigenvalue weighted by Crippen LogP contribution is -2.39. The van der Waals surface area contributed by atoms with Crippen molar-refractivity contribution >= 4 is 5.91 Å². The summed E-state index contributed by atoms with van der Waals surface area (Å²) in [6, 6.07) is 2.56. The minimum absolute atomic E-state index is 0.0529. The summed E-state index contributed by atoms with van der Waals surface area (Å²) in [5, 5.41) is 13.3. The lowest BCUT2D eigenvalue weighted by molar-refractivity contribution is 0.0708. The molecule has 108 valence electrons. The third kappa shape index (κ3) is 2.69. The average molecular weight is 274 g/mol. The number of hydrogen-bond acceptors (Lipinski definition) is 3. The first-order valence-electron chi connectivity index (χ1n) is 7.28. The van der Waals surface area contributed by atoms with Crippen LogP contribution in [-0.2, 0) is 0 Å². The minimum atomic E-state index is -0.0529. The lowest BCUT2D eigenvalue weighted by Gasteiger charge is -2.26. The minimum Gasteiger partial charge on any atom is -0.322 e. The third-order valence-corrected chi connectivity index (χ3v) is 4.03. The van der Waals surface area contributed by atoms with Gasteiger partial charge in [0.1, 0.15) is 6.54 Å². The maximum atomic E-state index is 12.7. The number of aromatic nitrogens is 2. The number of nitrogens with zero attached hydrogens (tertiary/aromatic N) is 4. The summed E-state index contributed by atoms with van der Waals surface area (Å²) < 4.78 is 1.85. The fraction of sp³-hybridized carbons (Fsp3) is 0.667. The van der Waals surface area contributed by atoms with Crippen LogP contribution in [0.3, 0.4) is 0 Å². The van der Waals surface area contributed by atoms with Gasteiger partial charge in [0, 0.05) is 17.8 Å². The van der Waals surface area contributed by atoms with E-state index in [9.17, 15) is 4.79 Å². The summed E-state index contributed by atoms with van der Waals surface area (Å²) in [5.41, 5.74) is 1.51. The van der Waals surface area contributed by atoms with Crippen LogP contribution < -0.4 is 0 Å². The van der Waals surface area contributed by atoms with Crippen molar-refractivity contribution in [1.29, 1.82) is 5.26 Å². The zero-order valence-electron chi connectivity index (χ0n) is 12.5. The van der Waals surface area contributed by atoms with Crippen molar-refractivity contribution in [2.45, 2.75) is 58.5 Å². The highest BCUT2D eigenvalue weighted by atomic mass is 16.2. The van der Waals surface area contributed by atoms with Crippen LogP contribution in [0, 0.1) is 18.3 Å². The molecule has 1 aromatic heterocycles. The van der Waals surface area contributed by atoms with E-state index >= 15 is 0 Å². The van der Waals surface area contributed by atoms with E-state index in [-0.39, 0.29) is 24.5 Å². The Morgan fingerprint density at radius 2 is 2.20 bits per heavy atom. The van der Waals surface area contributed by atoms with Gasteiger partial charge in [-0.1, -0.05) is 12.8 Å². The molecule has 0 atom stereocenters. The first-order chi connectivity index (χ1) is 9.56. The van der Waals surface area contributed by atoms with Crippen molar-refractivity contribution in [2.75, 3.05) is 6.54 Å². The predicted octanol–water partition coefficient (Wildman–Crippen LogP) is 2.68. The zero-order chi connectivity index (χ0) is 14.7. The van der Waals surface area contributed by atoms with Crippen LogP contribution in [0.5, 0.6) is 0 Å². The van der Waals surface area contributed by atoms with Crippen molar-refractivity contribution in [3.05, 3.63) is 17.5 Å². The molecule has 5 nitrogen and oxygen atoms in total. The second kappa shape index (κ2) is 6.08. The van der Waals surface area contributed by atoms with Crippen LogP contribution in [0.1, 0.15) is 61.6 Å². The Morgan fingerprint density at radius 1 is 1.55 bits per heavy atom. The molecule has 0 N–H and O–H groups in total. The van der Waals surface area contributed by atoms with Crippen molar-refractivity contribution < 1.29 is 4.79 Å². The molecule has 0 saturated heterocycles. The molecule has 0 bridgehead atoms. The van der Waals surface area contributed by atoms with Crippen LogP contribution in [0.25, 0.3) is 0 Å². The molecule has 0 spiro atoms. The Morgan fingerprint density at radius 3 is 2.70 bits per heavy atom. The molecule has 1 amide bonds. The second-order valence-electron chi connectivity index (χ2n) is 5.71. The van der Waals surface area contributed by atoms with Crippen molar-refractivity contribution in [2.24, 2.45) is 0 Å². The van der Waals surface area contributed by atoms with Crippen molar-refractivity contribution in [3.8, 4) is 6.07 Å². The highest BCUT2D eigenvalue weighted by Crippen LogP contribution is 2.25. The fourth-order valence-electron chi connectivity index (χ4n) is 2.97. The van der Waals surface area contributed by atoms with E-state index in [1.54, 1.807) is 11.1 Å². The summed E-state index contributed by atoms with van der Waals surface area (Å²) in [6.45, 7) is 6.16. The first kappa shape index (κ1) is 14.6. The SMILES string of the molecule is Cc1c(C(=O)N(CC#N)C2CCCC2)cnn1C(C)C. The van der Waals surface area contributed by atoms with Crippen LogP contribution in [0.15, 0.2) is 6.20 Å². The van der Waals surface area contributed by atoms with Crippen LogP contribution >= 0.6 is 0 Å². The van der Waals surface area contributed by atoms with Gasteiger partial charge in [0.15, 0.2) is 0 Å². The van der Waals surface area contributed by atoms with Gasteiger partial charge in [-0.05, 0) is 33.6 Å². The Balaban J connectivity index is 2.25. The van der Waals surface area contributed by atoms with E-state index in [0.717, 1.165) is 31.4 Å². The normalized spacial score (nSPS) is 15.6. The van der Waals surface area contributed by atoms with Crippen LogP contribution in [0.4, 0.5) is 0 Å². The molecule has 2 rings (SSSR count). The highest BCUT2D eigenvalue weighted by Gasteiger charge is 2.29. The van der Waals surface area contributed by atoms with Crippen LogP contribution in [0.2, 0.25) is 0 Å². The molecular formula is C15H22N4O. The molecule has 1 aromatic rings. The summed E-state index contributed by atoms with van der Waals surface area (Å²) in [7, 11) is 0. The summed E-state index contributed by atoms with van der Waals surface area (Å²) >= 11 is 0. The van der Waals surface area contributed by atoms with Crippen molar-refractivity contribution in [3.63, 3.8) is 0 Å². The van der Waals surface area contributed by atoms with Crippen molar-refractivity contribution in [1.82, 2.24) is 14.7 Å². The molecule has 0 unspecified atom stereocenters. The van der Waals surface area contributed by atoms with Gasteiger partial charge in [-0.2, -0.15) is 10.4 Å². The highest BCUT2D eigenvalue weighted by molar-refractivity contribution is 5.95. The predicted molar refractivity (Wildman–Crippen MR) is 76.3 cm³/mol. The smallest absolute Gasteiger partial charge is 0.258 e. The number of nitriles is 1. The molecule has 1 heterocycles. The molecule has 1 fully saturated rings. The van der Waals surface area contributed by atoms with Gasteiger partial charge in [-0.3, -0.25) is 9.48 Å². The first-order valence-corrected chi connectivity index (χ1v) is 7.28. The molecule has 5 heteroatoms. The van der Waals surface area contributed by atoms with E-state index in [2.05, 4.69) is 11.2 Å². The second-order valence-corrected chi connectivity index (χ2v) is 5.71. The molecule has 0 aliphatic heterocycles. The Kier molecular flexibility index (Phi) is 4.43. The molecular weight excluding hydrogens is 252 g/mol. The van der Waals surface area contributed by atoms with Crippen LogP contribution in [-0.4, -0.2) is 33.2 Å². The monoisotopic (exact) mass is 274 g/mol. The standard InChI is InChI=1S/C15H22N4O/c1-11(2)19-12(3)14(10-17-19)15(20)18(9-8-16)13-6-4-5-7-13/h10-11,13H,4-7,9H2,1-3H3. The van der Waals surface area contributed by atoms with E-state index in [1.165, 1.54) is 0 Å². The van der Waals surface area contributed by atoms with Gasteiger partial charge < -0.3 is 4.90 Å². The van der Waals surface area contributed by atoms with Gasteiger partial charge in [-0.25, -0.2) is 0 Å². The van der Waals surface area contributed by atoms with E-state index in [4.69, 9.17) is 5.26 Å². The zero-order valence-corrected chi connectivity index (χ0v) is 12.5. The summed E-state index contributed by atoms with van der Waals surface area (Å²) in [4.78, 5) is 14.4. The summed E-state index contributed by atoms with van der Waals surface area (Å²) in [5.74, 6) is -0.0529. The topological polar surface area (TPSA) is 61.9 Å².